The Bertz CT molecular complexity index is 901. The molecule has 0 unspecified atom stereocenters. The molecule has 0 fully saturated rings. The molecule has 0 spiro atoms. The molecule has 1 N–H and O–H groups in total. The predicted molar refractivity (Wildman–Crippen MR) is 112 cm³/mol. The molecule has 0 aliphatic rings. The molecular formula is C20H25ClN2O4S. The molecule has 0 aliphatic carbocycles. The molecule has 0 aliphatic heterocycles. The average Bonchev–Trinajstić information content (AvgIpc) is 2.65. The molecule has 152 valence electrons. The SMILES string of the molecule is CCOc1ccc(N([C@@H](CC)C(=O)NCc2ccccc2Cl)S(C)(=O)=O)cc1. The fourth-order valence-corrected chi connectivity index (χ4v) is 4.27. The van der Waals surface area contributed by atoms with Gasteiger partial charge < -0.3 is 10.1 Å². The number of rotatable bonds is 9. The lowest BCUT2D eigenvalue weighted by molar-refractivity contribution is -0.122. The first kappa shape index (κ1) is 22.0. The number of amides is 1. The summed E-state index contributed by atoms with van der Waals surface area (Å²) in [5.74, 6) is 0.248. The van der Waals surface area contributed by atoms with E-state index in [0.29, 0.717) is 29.5 Å². The van der Waals surface area contributed by atoms with Gasteiger partial charge in [0.2, 0.25) is 15.9 Å². The van der Waals surface area contributed by atoms with Gasteiger partial charge in [0.1, 0.15) is 11.8 Å². The predicted octanol–water partition coefficient (Wildman–Crippen LogP) is 3.60. The number of carbonyl (C=O) groups excluding carboxylic acids is 1. The molecule has 2 rings (SSSR count). The standard InChI is InChI=1S/C20H25ClN2O4S/c1-4-19(20(24)22-14-15-8-6-7-9-18(15)21)23(28(3,25)26)16-10-12-17(13-11-16)27-5-2/h6-13,19H,4-5,14H2,1-3H3,(H,22,24)/t19-/m0/s1. The van der Waals surface area contributed by atoms with Crippen molar-refractivity contribution in [1.82, 2.24) is 5.32 Å². The first-order chi connectivity index (χ1) is 13.3. The van der Waals surface area contributed by atoms with Crippen LogP contribution in [0.5, 0.6) is 5.75 Å². The molecule has 0 bridgehead atoms. The number of nitrogens with zero attached hydrogens (tertiary/aromatic N) is 1. The van der Waals surface area contributed by atoms with Crippen LogP contribution in [0.1, 0.15) is 25.8 Å². The first-order valence-electron chi connectivity index (χ1n) is 9.01. The third-order valence-electron chi connectivity index (χ3n) is 4.14. The van der Waals surface area contributed by atoms with Crippen LogP contribution in [0.25, 0.3) is 0 Å². The maximum atomic E-state index is 12.8. The number of hydrogen-bond acceptors (Lipinski definition) is 4. The van der Waals surface area contributed by atoms with Gasteiger partial charge >= 0.3 is 0 Å². The number of carbonyl (C=O) groups is 1. The Kier molecular flexibility index (Phi) is 7.71. The summed E-state index contributed by atoms with van der Waals surface area (Å²) in [6.07, 6.45) is 1.40. The number of nitrogens with one attached hydrogen (secondary N) is 1. The number of anilines is 1. The Morgan fingerprint density at radius 2 is 1.79 bits per heavy atom. The first-order valence-corrected chi connectivity index (χ1v) is 11.2. The Morgan fingerprint density at radius 1 is 1.14 bits per heavy atom. The van der Waals surface area contributed by atoms with Gasteiger partial charge in [-0.05, 0) is 49.2 Å². The van der Waals surface area contributed by atoms with Crippen molar-refractivity contribution < 1.29 is 17.9 Å². The van der Waals surface area contributed by atoms with Crippen LogP contribution < -0.4 is 14.4 Å². The quantitative estimate of drug-likeness (QED) is 0.667. The van der Waals surface area contributed by atoms with Crippen molar-refractivity contribution in [2.45, 2.75) is 32.9 Å². The van der Waals surface area contributed by atoms with Crippen LogP contribution in [0.2, 0.25) is 5.02 Å². The van der Waals surface area contributed by atoms with Crippen LogP contribution in [-0.4, -0.2) is 33.2 Å². The number of hydrogen-bond donors (Lipinski definition) is 1. The van der Waals surface area contributed by atoms with Crippen LogP contribution in [0.4, 0.5) is 5.69 Å². The van der Waals surface area contributed by atoms with Gasteiger partial charge in [-0.15, -0.1) is 0 Å². The highest BCUT2D eigenvalue weighted by atomic mass is 35.5. The molecule has 0 saturated heterocycles. The number of benzene rings is 2. The topological polar surface area (TPSA) is 75.7 Å². The maximum Gasteiger partial charge on any atom is 0.244 e. The summed E-state index contributed by atoms with van der Waals surface area (Å²) in [5, 5.41) is 3.33. The minimum absolute atomic E-state index is 0.218. The second kappa shape index (κ2) is 9.80. The van der Waals surface area contributed by atoms with Crippen molar-refractivity contribution in [1.29, 1.82) is 0 Å². The van der Waals surface area contributed by atoms with Crippen LogP contribution in [0.15, 0.2) is 48.5 Å². The molecular weight excluding hydrogens is 400 g/mol. The van der Waals surface area contributed by atoms with Gasteiger partial charge in [0.15, 0.2) is 0 Å². The van der Waals surface area contributed by atoms with Gasteiger partial charge in [0, 0.05) is 11.6 Å². The molecule has 1 amide bonds. The highest BCUT2D eigenvalue weighted by molar-refractivity contribution is 7.92. The van der Waals surface area contributed by atoms with Crippen LogP contribution in [0, 0.1) is 0 Å². The van der Waals surface area contributed by atoms with Gasteiger partial charge in [-0.25, -0.2) is 8.42 Å². The van der Waals surface area contributed by atoms with Crippen molar-refractivity contribution in [2.24, 2.45) is 0 Å². The molecule has 2 aromatic rings. The molecule has 28 heavy (non-hydrogen) atoms. The van der Waals surface area contributed by atoms with Crippen LogP contribution in [-0.2, 0) is 21.4 Å². The summed E-state index contributed by atoms with van der Waals surface area (Å²) >= 11 is 6.12. The monoisotopic (exact) mass is 424 g/mol. The lowest BCUT2D eigenvalue weighted by Gasteiger charge is -2.30. The Hall–Kier alpha value is -2.25. The lowest BCUT2D eigenvalue weighted by atomic mass is 10.1. The van der Waals surface area contributed by atoms with E-state index in [9.17, 15) is 13.2 Å². The minimum Gasteiger partial charge on any atom is -0.494 e. The van der Waals surface area contributed by atoms with Crippen molar-refractivity contribution >= 4 is 33.2 Å². The highest BCUT2D eigenvalue weighted by Gasteiger charge is 2.31. The highest BCUT2D eigenvalue weighted by Crippen LogP contribution is 2.25. The van der Waals surface area contributed by atoms with E-state index in [1.807, 2.05) is 19.1 Å². The Morgan fingerprint density at radius 3 is 2.32 bits per heavy atom. The van der Waals surface area contributed by atoms with Crippen LogP contribution in [0.3, 0.4) is 0 Å². The zero-order valence-electron chi connectivity index (χ0n) is 16.2. The van der Waals surface area contributed by atoms with Gasteiger partial charge in [-0.1, -0.05) is 36.7 Å². The van der Waals surface area contributed by atoms with E-state index in [-0.39, 0.29) is 12.5 Å². The Balaban J connectivity index is 2.24. The summed E-state index contributed by atoms with van der Waals surface area (Å²) in [4.78, 5) is 12.8. The average molecular weight is 425 g/mol. The normalized spacial score (nSPS) is 12.3. The molecule has 0 aromatic heterocycles. The summed E-state index contributed by atoms with van der Waals surface area (Å²) in [6, 6.07) is 12.9. The van der Waals surface area contributed by atoms with Crippen molar-refractivity contribution in [3.05, 3.63) is 59.1 Å². The zero-order valence-corrected chi connectivity index (χ0v) is 17.8. The van der Waals surface area contributed by atoms with Crippen molar-refractivity contribution in [2.75, 3.05) is 17.2 Å². The van der Waals surface area contributed by atoms with E-state index >= 15 is 0 Å². The van der Waals surface area contributed by atoms with Gasteiger partial charge in [-0.3, -0.25) is 9.10 Å². The van der Waals surface area contributed by atoms with Gasteiger partial charge in [-0.2, -0.15) is 0 Å². The van der Waals surface area contributed by atoms with E-state index in [2.05, 4.69) is 5.32 Å². The fourth-order valence-electron chi connectivity index (χ4n) is 2.86. The Labute approximate surface area is 171 Å². The van der Waals surface area contributed by atoms with E-state index < -0.39 is 16.1 Å². The minimum atomic E-state index is -3.68. The second-order valence-electron chi connectivity index (χ2n) is 6.22. The summed E-state index contributed by atoms with van der Waals surface area (Å²) in [7, 11) is -3.68. The molecule has 6 nitrogen and oxygen atoms in total. The third kappa shape index (κ3) is 5.62. The summed E-state index contributed by atoms with van der Waals surface area (Å²) < 4.78 is 31.5. The maximum absolute atomic E-state index is 12.8. The number of sulfonamides is 1. The third-order valence-corrected chi connectivity index (χ3v) is 5.69. The molecule has 0 saturated carbocycles. The van der Waals surface area contributed by atoms with E-state index in [4.69, 9.17) is 16.3 Å². The molecule has 0 radical (unpaired) electrons. The fraction of sp³-hybridized carbons (Fsp3) is 0.350. The lowest BCUT2D eigenvalue weighted by Crippen LogP contribution is -2.49. The molecule has 2 aromatic carbocycles. The van der Waals surface area contributed by atoms with Gasteiger partial charge in [0.05, 0.1) is 18.6 Å². The summed E-state index contributed by atoms with van der Waals surface area (Å²) in [5.41, 5.74) is 1.17. The second-order valence-corrected chi connectivity index (χ2v) is 8.49. The van der Waals surface area contributed by atoms with Crippen molar-refractivity contribution in [3.63, 3.8) is 0 Å². The van der Waals surface area contributed by atoms with E-state index in [1.165, 1.54) is 0 Å². The van der Waals surface area contributed by atoms with E-state index in [1.54, 1.807) is 43.3 Å². The number of halogens is 1. The largest absolute Gasteiger partial charge is 0.494 e. The molecule has 1 atom stereocenters. The smallest absolute Gasteiger partial charge is 0.244 e. The molecule has 8 heteroatoms. The van der Waals surface area contributed by atoms with E-state index in [0.717, 1.165) is 16.1 Å². The van der Waals surface area contributed by atoms with Crippen molar-refractivity contribution in [3.8, 4) is 5.75 Å². The van der Waals surface area contributed by atoms with Crippen LogP contribution >= 0.6 is 11.6 Å². The zero-order chi connectivity index (χ0) is 20.7. The van der Waals surface area contributed by atoms with Gasteiger partial charge in [0.25, 0.3) is 0 Å². The summed E-state index contributed by atoms with van der Waals surface area (Å²) in [6.45, 7) is 4.37. The molecule has 0 heterocycles. The number of ether oxygens (including phenoxy) is 1.